The van der Waals surface area contributed by atoms with E-state index in [-0.39, 0.29) is 31.4 Å². The predicted molar refractivity (Wildman–Crippen MR) is 94.2 cm³/mol. The molecule has 0 aliphatic rings. The van der Waals surface area contributed by atoms with Crippen LogP contribution in [0.1, 0.15) is 45.1 Å². The molecule has 0 aromatic heterocycles. The Bertz CT molecular complexity index is 629. The number of nitriles is 1. The van der Waals surface area contributed by atoms with Gasteiger partial charge in [0, 0.05) is 25.0 Å². The van der Waals surface area contributed by atoms with Crippen molar-refractivity contribution in [2.24, 2.45) is 0 Å². The van der Waals surface area contributed by atoms with Crippen molar-refractivity contribution in [2.45, 2.75) is 44.9 Å². The number of benzene rings is 1. The topological polar surface area (TPSA) is 120 Å². The first-order valence-electron chi connectivity index (χ1n) is 8.18. The number of methoxy groups -OCH3 is 2. The van der Waals surface area contributed by atoms with E-state index in [2.05, 4.69) is 15.5 Å². The van der Waals surface area contributed by atoms with Gasteiger partial charge in [0.1, 0.15) is 0 Å². The molecule has 0 fully saturated rings. The smallest absolute Gasteiger partial charge is 0.305 e. The van der Waals surface area contributed by atoms with E-state index in [1.807, 2.05) is 13.8 Å². The van der Waals surface area contributed by atoms with Crippen molar-refractivity contribution >= 4 is 17.6 Å². The minimum atomic E-state index is -1.14. The minimum absolute atomic E-state index is 0.0117. The molecule has 1 aromatic carbocycles. The quantitative estimate of drug-likeness (QED) is 0.394. The van der Waals surface area contributed by atoms with Crippen LogP contribution in [0.4, 0.5) is 5.69 Å². The molecule has 1 rings (SSSR count). The van der Waals surface area contributed by atoms with Gasteiger partial charge in [-0.2, -0.15) is 5.26 Å². The number of ether oxygens (including phenoxy) is 2. The Labute approximate surface area is 152 Å². The second-order valence-electron chi connectivity index (χ2n) is 5.15. The summed E-state index contributed by atoms with van der Waals surface area (Å²) in [6.45, 7) is 4.00. The molecule has 8 nitrogen and oxygen atoms in total. The first-order chi connectivity index (χ1) is 12.4. The summed E-state index contributed by atoms with van der Waals surface area (Å²) in [5.41, 5.74) is -0.743. The number of hydrogen-bond acceptors (Lipinski definition) is 7. The Morgan fingerprint density at radius 2 is 1.50 bits per heavy atom. The van der Waals surface area contributed by atoms with Gasteiger partial charge in [-0.3, -0.25) is 19.7 Å². The molecule has 0 N–H and O–H groups in total. The van der Waals surface area contributed by atoms with Crippen LogP contribution in [-0.2, 0) is 24.5 Å². The highest BCUT2D eigenvalue weighted by Gasteiger charge is 2.34. The lowest BCUT2D eigenvalue weighted by Gasteiger charge is -2.26. The molecule has 0 aliphatic heterocycles. The van der Waals surface area contributed by atoms with Crippen molar-refractivity contribution in [3.05, 3.63) is 39.9 Å². The van der Waals surface area contributed by atoms with Crippen LogP contribution in [0.15, 0.2) is 24.3 Å². The van der Waals surface area contributed by atoms with Gasteiger partial charge in [0.05, 0.1) is 30.6 Å². The number of esters is 2. The molecule has 1 aromatic rings. The molecule has 0 heterocycles. The van der Waals surface area contributed by atoms with Gasteiger partial charge >= 0.3 is 11.9 Å². The van der Waals surface area contributed by atoms with Crippen LogP contribution in [0.3, 0.4) is 0 Å². The summed E-state index contributed by atoms with van der Waals surface area (Å²) in [5, 5.41) is 20.4. The van der Waals surface area contributed by atoms with Gasteiger partial charge in [-0.15, -0.1) is 0 Å². The maximum absolute atomic E-state index is 11.4. The van der Waals surface area contributed by atoms with E-state index in [4.69, 9.17) is 0 Å². The average Bonchev–Trinajstić information content (AvgIpc) is 2.69. The molecular formula is C18H24N2O6. The number of carbonyl (C=O) groups excluding carboxylic acids is 2. The van der Waals surface area contributed by atoms with Crippen LogP contribution in [0.2, 0.25) is 0 Å². The van der Waals surface area contributed by atoms with Gasteiger partial charge in [0.15, 0.2) is 0 Å². The van der Waals surface area contributed by atoms with Crippen LogP contribution in [-0.4, -0.2) is 31.1 Å². The van der Waals surface area contributed by atoms with E-state index >= 15 is 0 Å². The molecule has 0 unspecified atom stereocenters. The van der Waals surface area contributed by atoms with E-state index < -0.39 is 22.3 Å². The van der Waals surface area contributed by atoms with E-state index in [1.165, 1.54) is 38.5 Å². The van der Waals surface area contributed by atoms with Gasteiger partial charge in [0.25, 0.3) is 5.69 Å². The van der Waals surface area contributed by atoms with E-state index in [1.54, 1.807) is 0 Å². The lowest BCUT2D eigenvalue weighted by atomic mass is 9.74. The van der Waals surface area contributed by atoms with Crippen LogP contribution < -0.4 is 0 Å². The lowest BCUT2D eigenvalue weighted by Crippen LogP contribution is -2.27. The average molecular weight is 364 g/mol. The monoisotopic (exact) mass is 364 g/mol. The number of nitro groups is 1. The van der Waals surface area contributed by atoms with Gasteiger partial charge in [-0.1, -0.05) is 26.0 Å². The second-order valence-corrected chi connectivity index (χ2v) is 5.15. The van der Waals surface area contributed by atoms with Crippen LogP contribution in [0.5, 0.6) is 0 Å². The van der Waals surface area contributed by atoms with Gasteiger partial charge < -0.3 is 9.47 Å². The molecule has 0 spiro atoms. The van der Waals surface area contributed by atoms with E-state index in [9.17, 15) is 25.0 Å². The number of carbonyl (C=O) groups is 2. The standard InChI is InChI=1S/C16H18N2O6.C2H6/c1-23-14(19)7-9-16(11-17,10-8-15(20)24-2)12-3-5-13(6-4-12)18(21)22;1-2/h3-6H,7-10H2,1-2H3;1-2H3. The van der Waals surface area contributed by atoms with Crippen molar-refractivity contribution < 1.29 is 24.0 Å². The highest BCUT2D eigenvalue weighted by molar-refractivity contribution is 5.70. The van der Waals surface area contributed by atoms with Crippen molar-refractivity contribution in [2.75, 3.05) is 14.2 Å². The zero-order chi connectivity index (χ0) is 20.2. The van der Waals surface area contributed by atoms with Gasteiger partial charge in [-0.05, 0) is 18.4 Å². The third-order valence-electron chi connectivity index (χ3n) is 3.81. The van der Waals surface area contributed by atoms with Crippen LogP contribution in [0.25, 0.3) is 0 Å². The molecule has 26 heavy (non-hydrogen) atoms. The maximum Gasteiger partial charge on any atom is 0.305 e. The molecule has 8 heteroatoms. The third-order valence-corrected chi connectivity index (χ3v) is 3.81. The molecule has 0 saturated heterocycles. The van der Waals surface area contributed by atoms with Crippen molar-refractivity contribution in [1.29, 1.82) is 5.26 Å². The molecule has 0 amide bonds. The van der Waals surface area contributed by atoms with Crippen LogP contribution in [0, 0.1) is 21.4 Å². The van der Waals surface area contributed by atoms with Crippen molar-refractivity contribution in [3.63, 3.8) is 0 Å². The predicted octanol–water partition coefficient (Wildman–Crippen LogP) is 3.29. The fourth-order valence-electron chi connectivity index (χ4n) is 2.33. The summed E-state index contributed by atoms with van der Waals surface area (Å²) in [6, 6.07) is 7.67. The molecule has 142 valence electrons. The summed E-state index contributed by atoms with van der Waals surface area (Å²) in [4.78, 5) is 33.1. The number of rotatable bonds is 8. The summed E-state index contributed by atoms with van der Waals surface area (Å²) >= 11 is 0. The number of nitro benzene ring substituents is 1. The minimum Gasteiger partial charge on any atom is -0.469 e. The second kappa shape index (κ2) is 11.6. The van der Waals surface area contributed by atoms with Gasteiger partial charge in [-0.25, -0.2) is 0 Å². The highest BCUT2D eigenvalue weighted by Crippen LogP contribution is 2.35. The van der Waals surface area contributed by atoms with Gasteiger partial charge in [0.2, 0.25) is 0 Å². The highest BCUT2D eigenvalue weighted by atomic mass is 16.6. The van der Waals surface area contributed by atoms with Crippen LogP contribution >= 0.6 is 0 Å². The Kier molecular flexibility index (Phi) is 10.3. The third kappa shape index (κ3) is 6.51. The van der Waals surface area contributed by atoms with E-state index in [0.29, 0.717) is 5.56 Å². The number of non-ortho nitro benzene ring substituents is 1. The largest absolute Gasteiger partial charge is 0.469 e. The lowest BCUT2D eigenvalue weighted by molar-refractivity contribution is -0.384. The Morgan fingerprint density at radius 3 is 1.81 bits per heavy atom. The summed E-state index contributed by atoms with van der Waals surface area (Å²) < 4.78 is 9.19. The Morgan fingerprint density at radius 1 is 1.08 bits per heavy atom. The molecule has 0 saturated carbocycles. The SMILES string of the molecule is CC.COC(=O)CCC(C#N)(CCC(=O)OC)c1ccc([N+](=O)[O-])cc1. The molecule has 0 bridgehead atoms. The zero-order valence-corrected chi connectivity index (χ0v) is 15.5. The first kappa shape index (κ1) is 23.1. The maximum atomic E-state index is 11.4. The first-order valence-corrected chi connectivity index (χ1v) is 8.18. The zero-order valence-electron chi connectivity index (χ0n) is 15.5. The summed E-state index contributed by atoms with van der Waals surface area (Å²) in [6.07, 6.45) is 0.237. The number of hydrogen-bond donors (Lipinski definition) is 0. The summed E-state index contributed by atoms with van der Waals surface area (Å²) in [5.74, 6) is -0.954. The van der Waals surface area contributed by atoms with Crippen molar-refractivity contribution in [3.8, 4) is 6.07 Å². The fourth-order valence-corrected chi connectivity index (χ4v) is 2.33. The Hall–Kier alpha value is -2.95. The van der Waals surface area contributed by atoms with E-state index in [0.717, 1.165) is 0 Å². The number of nitrogens with zero attached hydrogens (tertiary/aromatic N) is 2. The molecule has 0 aliphatic carbocycles. The fraction of sp³-hybridized carbons (Fsp3) is 0.500. The summed E-state index contributed by atoms with van der Waals surface area (Å²) in [7, 11) is 2.49. The molecule has 0 radical (unpaired) electrons. The Balaban J connectivity index is 0.00000301. The molecule has 0 atom stereocenters. The molecular weight excluding hydrogens is 340 g/mol. The van der Waals surface area contributed by atoms with Crippen molar-refractivity contribution in [1.82, 2.24) is 0 Å². The normalized spacial score (nSPS) is 9.96.